The van der Waals surface area contributed by atoms with E-state index < -0.39 is 10.0 Å². The number of rotatable bonds is 4. The van der Waals surface area contributed by atoms with E-state index in [1.807, 2.05) is 24.3 Å². The van der Waals surface area contributed by atoms with Crippen molar-refractivity contribution in [3.8, 4) is 11.3 Å². The van der Waals surface area contributed by atoms with E-state index in [4.69, 9.17) is 5.14 Å². The number of hydrogen-bond acceptors (Lipinski definition) is 4. The highest BCUT2D eigenvalue weighted by atomic mass is 79.9. The maximum atomic E-state index is 12.1. The van der Waals surface area contributed by atoms with E-state index in [0.29, 0.717) is 12.5 Å². The van der Waals surface area contributed by atoms with Gasteiger partial charge in [-0.15, -0.1) is 0 Å². The van der Waals surface area contributed by atoms with Crippen LogP contribution in [-0.4, -0.2) is 36.6 Å². The number of H-pyrrole nitrogens is 1. The number of aromatic amines is 1. The first-order chi connectivity index (χ1) is 10.8. The van der Waals surface area contributed by atoms with Crippen LogP contribution in [0, 0.1) is 5.92 Å². The smallest absolute Gasteiger partial charge is 0.229 e. The van der Waals surface area contributed by atoms with E-state index in [-0.39, 0.29) is 24.0 Å². The molecule has 0 saturated carbocycles. The van der Waals surface area contributed by atoms with Gasteiger partial charge >= 0.3 is 0 Å². The standard InChI is InChI=1S/C14H15BrN4O3S/c15-11-3-1-10(2-4-11)12-6-17-14(18-12)19-7-9(5-13(19)20)8-23(16,21)22/h1-4,6,9H,5,7-8H2,(H,17,18)(H2,16,21,22). The zero-order valence-electron chi connectivity index (χ0n) is 12.1. The number of carbonyl (C=O) groups excluding carboxylic acids is 1. The lowest BCUT2D eigenvalue weighted by molar-refractivity contribution is -0.117. The predicted molar refractivity (Wildman–Crippen MR) is 90.2 cm³/mol. The van der Waals surface area contributed by atoms with Crippen molar-refractivity contribution in [3.63, 3.8) is 0 Å². The van der Waals surface area contributed by atoms with Crippen molar-refractivity contribution in [1.82, 2.24) is 9.97 Å². The third-order valence-electron chi connectivity index (χ3n) is 3.65. The molecule has 7 nitrogen and oxygen atoms in total. The summed E-state index contributed by atoms with van der Waals surface area (Å²) in [5.74, 6) is -0.242. The second kappa shape index (κ2) is 6.06. The largest absolute Gasteiger partial charge is 0.324 e. The van der Waals surface area contributed by atoms with Crippen LogP contribution in [0.1, 0.15) is 6.42 Å². The number of benzene rings is 1. The number of imidazole rings is 1. The Hall–Kier alpha value is -1.71. The van der Waals surface area contributed by atoms with E-state index in [0.717, 1.165) is 15.7 Å². The highest BCUT2D eigenvalue weighted by Gasteiger charge is 2.34. The van der Waals surface area contributed by atoms with Gasteiger partial charge in [0.15, 0.2) is 0 Å². The molecule has 2 heterocycles. The molecule has 1 saturated heterocycles. The molecule has 3 N–H and O–H groups in total. The summed E-state index contributed by atoms with van der Waals surface area (Å²) in [5.41, 5.74) is 1.73. The molecule has 0 bridgehead atoms. The van der Waals surface area contributed by atoms with Gasteiger partial charge in [0.1, 0.15) is 0 Å². The number of halogens is 1. The van der Waals surface area contributed by atoms with Crippen molar-refractivity contribution in [2.75, 3.05) is 17.2 Å². The molecule has 122 valence electrons. The molecule has 2 aromatic rings. The van der Waals surface area contributed by atoms with E-state index in [1.165, 1.54) is 4.90 Å². The first-order valence-electron chi connectivity index (χ1n) is 6.93. The Kier molecular flexibility index (Phi) is 4.26. The molecule has 1 atom stereocenters. The van der Waals surface area contributed by atoms with Crippen molar-refractivity contribution in [1.29, 1.82) is 0 Å². The molecular weight excluding hydrogens is 384 g/mol. The summed E-state index contributed by atoms with van der Waals surface area (Å²) in [7, 11) is -3.59. The van der Waals surface area contributed by atoms with Gasteiger partial charge in [0.2, 0.25) is 21.9 Å². The monoisotopic (exact) mass is 398 g/mol. The summed E-state index contributed by atoms with van der Waals surface area (Å²) < 4.78 is 23.3. The second-order valence-electron chi connectivity index (χ2n) is 5.53. The zero-order chi connectivity index (χ0) is 16.6. The predicted octanol–water partition coefficient (Wildman–Crippen LogP) is 1.48. The van der Waals surface area contributed by atoms with Crippen LogP contribution in [0.25, 0.3) is 11.3 Å². The average molecular weight is 399 g/mol. The molecule has 9 heteroatoms. The molecule has 1 aromatic carbocycles. The minimum Gasteiger partial charge on any atom is -0.324 e. The molecular formula is C14H15BrN4O3S. The maximum absolute atomic E-state index is 12.1. The van der Waals surface area contributed by atoms with Crippen molar-refractivity contribution >= 4 is 37.8 Å². The fourth-order valence-corrected chi connectivity index (χ4v) is 3.80. The number of hydrogen-bond donors (Lipinski definition) is 2. The number of amides is 1. The van der Waals surface area contributed by atoms with Gasteiger partial charge in [0.05, 0.1) is 17.6 Å². The van der Waals surface area contributed by atoms with Gasteiger partial charge in [-0.25, -0.2) is 18.5 Å². The Morgan fingerprint density at radius 1 is 1.35 bits per heavy atom. The van der Waals surface area contributed by atoms with Crippen LogP contribution in [0.5, 0.6) is 0 Å². The lowest BCUT2D eigenvalue weighted by Crippen LogP contribution is -2.28. The van der Waals surface area contributed by atoms with E-state index in [9.17, 15) is 13.2 Å². The SMILES string of the molecule is NS(=O)(=O)CC1CC(=O)N(c2ncc(-c3ccc(Br)cc3)[nH]2)C1. The normalized spacial score (nSPS) is 18.6. The van der Waals surface area contributed by atoms with Crippen LogP contribution in [0.4, 0.5) is 5.95 Å². The zero-order valence-corrected chi connectivity index (χ0v) is 14.5. The number of aromatic nitrogens is 2. The first kappa shape index (κ1) is 16.2. The molecule has 0 aliphatic carbocycles. The van der Waals surface area contributed by atoms with Crippen LogP contribution in [0.2, 0.25) is 0 Å². The summed E-state index contributed by atoms with van der Waals surface area (Å²) in [6, 6.07) is 7.69. The summed E-state index contributed by atoms with van der Waals surface area (Å²) in [6.45, 7) is 0.294. The quantitative estimate of drug-likeness (QED) is 0.812. The van der Waals surface area contributed by atoms with Gasteiger partial charge in [0, 0.05) is 23.4 Å². The second-order valence-corrected chi connectivity index (χ2v) is 8.11. The summed E-state index contributed by atoms with van der Waals surface area (Å²) in [5, 5.41) is 5.05. The highest BCUT2D eigenvalue weighted by Crippen LogP contribution is 2.26. The van der Waals surface area contributed by atoms with Gasteiger partial charge in [-0.1, -0.05) is 28.1 Å². The minimum atomic E-state index is -3.59. The lowest BCUT2D eigenvalue weighted by atomic mass is 10.1. The Bertz CT molecular complexity index is 832. The minimum absolute atomic E-state index is 0.157. The van der Waals surface area contributed by atoms with Crippen molar-refractivity contribution < 1.29 is 13.2 Å². The van der Waals surface area contributed by atoms with E-state index in [1.54, 1.807) is 6.20 Å². The van der Waals surface area contributed by atoms with Crippen molar-refractivity contribution in [2.24, 2.45) is 11.1 Å². The van der Waals surface area contributed by atoms with Gasteiger partial charge in [-0.2, -0.15) is 0 Å². The Balaban J connectivity index is 1.78. The number of primary sulfonamides is 1. The van der Waals surface area contributed by atoms with Gasteiger partial charge < -0.3 is 4.98 Å². The molecule has 1 fully saturated rings. The fraction of sp³-hybridized carbons (Fsp3) is 0.286. The maximum Gasteiger partial charge on any atom is 0.229 e. The number of nitrogens with two attached hydrogens (primary N) is 1. The topological polar surface area (TPSA) is 109 Å². The fourth-order valence-electron chi connectivity index (χ4n) is 2.65. The molecule has 0 spiro atoms. The van der Waals surface area contributed by atoms with Crippen LogP contribution in [0.15, 0.2) is 34.9 Å². The molecule has 23 heavy (non-hydrogen) atoms. The Morgan fingerprint density at radius 3 is 2.70 bits per heavy atom. The molecule has 1 aliphatic rings. The average Bonchev–Trinajstić information content (AvgIpc) is 3.04. The molecule has 1 aromatic heterocycles. The number of sulfonamides is 1. The Labute approximate surface area is 142 Å². The van der Waals surface area contributed by atoms with E-state index >= 15 is 0 Å². The molecule has 1 unspecified atom stereocenters. The number of nitrogens with zero attached hydrogens (tertiary/aromatic N) is 2. The summed E-state index contributed by atoms with van der Waals surface area (Å²) in [4.78, 5) is 20.9. The van der Waals surface area contributed by atoms with Crippen molar-refractivity contribution in [3.05, 3.63) is 34.9 Å². The number of carbonyl (C=O) groups is 1. The molecule has 1 amide bonds. The third-order valence-corrected chi connectivity index (χ3v) is 5.11. The van der Waals surface area contributed by atoms with Crippen LogP contribution >= 0.6 is 15.9 Å². The van der Waals surface area contributed by atoms with Crippen LogP contribution in [0.3, 0.4) is 0 Å². The number of nitrogens with one attached hydrogen (secondary N) is 1. The summed E-state index contributed by atoms with van der Waals surface area (Å²) >= 11 is 3.38. The molecule has 0 radical (unpaired) electrons. The Morgan fingerprint density at radius 2 is 2.04 bits per heavy atom. The van der Waals surface area contributed by atoms with Gasteiger partial charge in [0.25, 0.3) is 0 Å². The van der Waals surface area contributed by atoms with E-state index in [2.05, 4.69) is 25.9 Å². The van der Waals surface area contributed by atoms with Gasteiger partial charge in [-0.3, -0.25) is 9.69 Å². The number of anilines is 1. The van der Waals surface area contributed by atoms with Crippen LogP contribution in [-0.2, 0) is 14.8 Å². The van der Waals surface area contributed by atoms with Crippen LogP contribution < -0.4 is 10.0 Å². The lowest BCUT2D eigenvalue weighted by Gasteiger charge is -2.12. The first-order valence-corrected chi connectivity index (χ1v) is 9.44. The third kappa shape index (κ3) is 3.80. The molecule has 3 rings (SSSR count). The van der Waals surface area contributed by atoms with Crippen molar-refractivity contribution in [2.45, 2.75) is 6.42 Å². The molecule has 1 aliphatic heterocycles. The van der Waals surface area contributed by atoms with Gasteiger partial charge in [-0.05, 0) is 17.7 Å². The highest BCUT2D eigenvalue weighted by molar-refractivity contribution is 9.10. The summed E-state index contributed by atoms with van der Waals surface area (Å²) in [6.07, 6.45) is 1.81.